The van der Waals surface area contributed by atoms with Crippen molar-refractivity contribution in [1.29, 1.82) is 0 Å². The molecule has 6 nitrogen and oxygen atoms in total. The molecule has 152 valence electrons. The molecule has 0 spiro atoms. The zero-order valence-electron chi connectivity index (χ0n) is 17.4. The van der Waals surface area contributed by atoms with Gasteiger partial charge in [-0.2, -0.15) is 0 Å². The summed E-state index contributed by atoms with van der Waals surface area (Å²) in [6.07, 6.45) is 2.76. The van der Waals surface area contributed by atoms with Crippen LogP contribution in [0.1, 0.15) is 44.4 Å². The fourth-order valence-corrected chi connectivity index (χ4v) is 3.25. The summed E-state index contributed by atoms with van der Waals surface area (Å²) in [5.41, 5.74) is 1.00. The van der Waals surface area contributed by atoms with Crippen LogP contribution in [0, 0.1) is 6.92 Å². The number of ether oxygens (including phenoxy) is 1. The van der Waals surface area contributed by atoms with Crippen LogP contribution in [-0.2, 0) is 16.8 Å². The SMILES string of the molecule is Cc1ccccc1OCC(=O)N1CCCN(Cc2ncc(C(C)(C)C)o2)CC1. The Morgan fingerprint density at radius 2 is 1.96 bits per heavy atom. The molecule has 1 aliphatic rings. The van der Waals surface area contributed by atoms with Crippen LogP contribution in [0.25, 0.3) is 0 Å². The Hall–Kier alpha value is -2.34. The maximum atomic E-state index is 12.6. The second kappa shape index (κ2) is 8.78. The number of carbonyl (C=O) groups excluding carboxylic acids is 1. The van der Waals surface area contributed by atoms with Gasteiger partial charge in [-0.3, -0.25) is 9.69 Å². The minimum absolute atomic E-state index is 0.0373. The van der Waals surface area contributed by atoms with Crippen LogP contribution in [0.4, 0.5) is 0 Å². The Morgan fingerprint density at radius 3 is 2.68 bits per heavy atom. The highest BCUT2D eigenvalue weighted by atomic mass is 16.5. The van der Waals surface area contributed by atoms with E-state index in [2.05, 4.69) is 30.7 Å². The molecule has 2 aromatic rings. The summed E-state index contributed by atoms with van der Waals surface area (Å²) in [6, 6.07) is 7.77. The number of hydrogen-bond acceptors (Lipinski definition) is 5. The molecule has 1 aromatic heterocycles. The summed E-state index contributed by atoms with van der Waals surface area (Å²) >= 11 is 0. The highest BCUT2D eigenvalue weighted by Crippen LogP contribution is 2.23. The molecule has 1 aliphatic heterocycles. The molecule has 1 amide bonds. The Morgan fingerprint density at radius 1 is 1.18 bits per heavy atom. The number of hydrogen-bond donors (Lipinski definition) is 0. The van der Waals surface area contributed by atoms with E-state index in [1.807, 2.05) is 42.3 Å². The number of carbonyl (C=O) groups is 1. The average Bonchev–Trinajstić information content (AvgIpc) is 3.00. The first-order chi connectivity index (χ1) is 13.3. The zero-order chi connectivity index (χ0) is 20.1. The van der Waals surface area contributed by atoms with Crippen LogP contribution in [0.3, 0.4) is 0 Å². The van der Waals surface area contributed by atoms with Crippen molar-refractivity contribution in [3.63, 3.8) is 0 Å². The van der Waals surface area contributed by atoms with Gasteiger partial charge in [0, 0.05) is 31.6 Å². The molecule has 28 heavy (non-hydrogen) atoms. The Kier molecular flexibility index (Phi) is 6.39. The second-order valence-electron chi connectivity index (χ2n) is 8.43. The number of nitrogens with zero attached hydrogens (tertiary/aromatic N) is 3. The molecular weight excluding hydrogens is 354 g/mol. The minimum atomic E-state index is -0.0373. The molecule has 1 aromatic carbocycles. The standard InChI is InChI=1S/C22H31N3O3/c1-17-8-5-6-9-18(17)27-16-21(26)25-11-7-10-24(12-13-25)15-20-23-14-19(28-20)22(2,3)4/h5-6,8-9,14H,7,10-13,15-16H2,1-4H3. The monoisotopic (exact) mass is 385 g/mol. The highest BCUT2D eigenvalue weighted by molar-refractivity contribution is 5.77. The number of benzene rings is 1. The lowest BCUT2D eigenvalue weighted by molar-refractivity contribution is -0.133. The van der Waals surface area contributed by atoms with Crippen molar-refractivity contribution >= 4 is 5.91 Å². The van der Waals surface area contributed by atoms with Crippen molar-refractivity contribution in [2.75, 3.05) is 32.8 Å². The predicted molar refractivity (Wildman–Crippen MR) is 108 cm³/mol. The molecule has 0 saturated carbocycles. The maximum Gasteiger partial charge on any atom is 0.260 e. The Labute approximate surface area is 167 Å². The van der Waals surface area contributed by atoms with Crippen molar-refractivity contribution in [2.45, 2.75) is 46.1 Å². The van der Waals surface area contributed by atoms with Gasteiger partial charge in [0.2, 0.25) is 5.89 Å². The molecule has 0 bridgehead atoms. The van der Waals surface area contributed by atoms with Gasteiger partial charge in [-0.25, -0.2) is 4.98 Å². The van der Waals surface area contributed by atoms with Crippen LogP contribution in [0.2, 0.25) is 0 Å². The van der Waals surface area contributed by atoms with Gasteiger partial charge in [-0.15, -0.1) is 0 Å². The van der Waals surface area contributed by atoms with Gasteiger partial charge >= 0.3 is 0 Å². The zero-order valence-corrected chi connectivity index (χ0v) is 17.4. The number of aromatic nitrogens is 1. The van der Waals surface area contributed by atoms with Crippen LogP contribution < -0.4 is 4.74 Å². The van der Waals surface area contributed by atoms with Crippen molar-refractivity contribution in [3.8, 4) is 5.75 Å². The summed E-state index contributed by atoms with van der Waals surface area (Å²) in [6.45, 7) is 12.3. The normalized spacial score (nSPS) is 16.1. The first-order valence-corrected chi connectivity index (χ1v) is 9.96. The van der Waals surface area contributed by atoms with Crippen LogP contribution in [0.5, 0.6) is 5.75 Å². The summed E-state index contributed by atoms with van der Waals surface area (Å²) < 4.78 is 11.6. The van der Waals surface area contributed by atoms with Gasteiger partial charge < -0.3 is 14.1 Å². The molecule has 0 unspecified atom stereocenters. The van der Waals surface area contributed by atoms with E-state index in [0.717, 1.165) is 49.0 Å². The van der Waals surface area contributed by atoms with E-state index in [9.17, 15) is 4.79 Å². The van der Waals surface area contributed by atoms with E-state index < -0.39 is 0 Å². The molecule has 3 rings (SSSR count). The van der Waals surface area contributed by atoms with E-state index >= 15 is 0 Å². The third kappa shape index (κ3) is 5.35. The lowest BCUT2D eigenvalue weighted by Crippen LogP contribution is -2.38. The third-order valence-corrected chi connectivity index (χ3v) is 5.04. The summed E-state index contributed by atoms with van der Waals surface area (Å²) in [7, 11) is 0. The molecule has 2 heterocycles. The quantitative estimate of drug-likeness (QED) is 0.790. The fourth-order valence-electron chi connectivity index (χ4n) is 3.25. The van der Waals surface area contributed by atoms with Crippen LogP contribution >= 0.6 is 0 Å². The molecule has 0 atom stereocenters. The second-order valence-corrected chi connectivity index (χ2v) is 8.43. The highest BCUT2D eigenvalue weighted by Gasteiger charge is 2.23. The molecular formula is C22H31N3O3. The van der Waals surface area contributed by atoms with Crippen LogP contribution in [-0.4, -0.2) is 53.5 Å². The van der Waals surface area contributed by atoms with E-state index in [4.69, 9.17) is 9.15 Å². The smallest absolute Gasteiger partial charge is 0.260 e. The van der Waals surface area contributed by atoms with Crippen molar-refractivity contribution < 1.29 is 13.9 Å². The number of rotatable bonds is 5. The van der Waals surface area contributed by atoms with E-state index in [1.54, 1.807) is 0 Å². The van der Waals surface area contributed by atoms with E-state index in [1.165, 1.54) is 0 Å². The van der Waals surface area contributed by atoms with Crippen molar-refractivity contribution in [1.82, 2.24) is 14.8 Å². The summed E-state index contributed by atoms with van der Waals surface area (Å²) in [5.74, 6) is 2.46. The lowest BCUT2D eigenvalue weighted by Gasteiger charge is -2.21. The van der Waals surface area contributed by atoms with Crippen molar-refractivity contribution in [2.24, 2.45) is 0 Å². The average molecular weight is 386 g/mol. The third-order valence-electron chi connectivity index (χ3n) is 5.04. The number of para-hydroxylation sites is 1. The van der Waals surface area contributed by atoms with Gasteiger partial charge in [0.25, 0.3) is 5.91 Å². The summed E-state index contributed by atoms with van der Waals surface area (Å²) in [4.78, 5) is 21.2. The Balaban J connectivity index is 1.49. The van der Waals surface area contributed by atoms with Gasteiger partial charge in [0.15, 0.2) is 6.61 Å². The minimum Gasteiger partial charge on any atom is -0.484 e. The summed E-state index contributed by atoms with van der Waals surface area (Å²) in [5, 5.41) is 0. The first kappa shape index (κ1) is 20.4. The molecule has 1 saturated heterocycles. The van der Waals surface area contributed by atoms with E-state index in [-0.39, 0.29) is 17.9 Å². The maximum absolute atomic E-state index is 12.6. The Bertz CT molecular complexity index is 794. The molecule has 0 N–H and O–H groups in total. The molecule has 0 radical (unpaired) electrons. The topological polar surface area (TPSA) is 58.8 Å². The van der Waals surface area contributed by atoms with E-state index in [0.29, 0.717) is 13.1 Å². The van der Waals surface area contributed by atoms with Gasteiger partial charge in [0.05, 0.1) is 12.7 Å². The number of amides is 1. The number of oxazole rings is 1. The van der Waals surface area contributed by atoms with Crippen LogP contribution in [0.15, 0.2) is 34.9 Å². The van der Waals surface area contributed by atoms with Gasteiger partial charge in [-0.1, -0.05) is 39.0 Å². The largest absolute Gasteiger partial charge is 0.484 e. The lowest BCUT2D eigenvalue weighted by atomic mass is 9.94. The first-order valence-electron chi connectivity index (χ1n) is 9.96. The van der Waals surface area contributed by atoms with Gasteiger partial charge in [-0.05, 0) is 25.0 Å². The molecule has 6 heteroatoms. The van der Waals surface area contributed by atoms with Gasteiger partial charge in [0.1, 0.15) is 11.5 Å². The van der Waals surface area contributed by atoms with Crippen molar-refractivity contribution in [3.05, 3.63) is 47.7 Å². The predicted octanol–water partition coefficient (Wildman–Crippen LogP) is 3.39. The number of aryl methyl sites for hydroxylation is 1. The molecule has 1 fully saturated rings. The fraction of sp³-hybridized carbons (Fsp3) is 0.545. The molecule has 0 aliphatic carbocycles.